The second kappa shape index (κ2) is 5.16. The standard InChI is InChI=1S/C17H21N3O3/c1-16(2)12(9-17(16,3)23-4)19-15(22)13-18-11-8-6-5-7-10(11)14(21)20-13/h5-8,12H,9H2,1-4H3,(H,19,22)(H,18,20,21). The highest BCUT2D eigenvalue weighted by molar-refractivity contribution is 5.92. The molecular formula is C17H21N3O3. The van der Waals surface area contributed by atoms with Gasteiger partial charge in [0.15, 0.2) is 5.82 Å². The Balaban J connectivity index is 1.84. The van der Waals surface area contributed by atoms with Crippen molar-refractivity contribution in [2.75, 3.05) is 7.11 Å². The monoisotopic (exact) mass is 315 g/mol. The van der Waals surface area contributed by atoms with Crippen LogP contribution in [0, 0.1) is 5.41 Å². The molecule has 0 bridgehead atoms. The minimum absolute atomic E-state index is 0.0308. The van der Waals surface area contributed by atoms with E-state index in [0.29, 0.717) is 10.9 Å². The first-order valence-corrected chi connectivity index (χ1v) is 7.63. The molecule has 0 aliphatic heterocycles. The van der Waals surface area contributed by atoms with Crippen LogP contribution in [-0.2, 0) is 4.74 Å². The Kier molecular flexibility index (Phi) is 3.52. The lowest BCUT2D eigenvalue weighted by Gasteiger charge is -2.59. The summed E-state index contributed by atoms with van der Waals surface area (Å²) in [6.45, 7) is 6.15. The van der Waals surface area contributed by atoms with Crippen LogP contribution in [0.1, 0.15) is 37.8 Å². The molecule has 1 aromatic carbocycles. The fourth-order valence-electron chi connectivity index (χ4n) is 3.14. The number of carbonyl (C=O) groups excluding carboxylic acids is 1. The maximum absolute atomic E-state index is 12.4. The van der Waals surface area contributed by atoms with Gasteiger partial charge in [-0.3, -0.25) is 9.59 Å². The molecule has 2 atom stereocenters. The van der Waals surface area contributed by atoms with E-state index in [1.807, 2.05) is 6.92 Å². The van der Waals surface area contributed by atoms with Gasteiger partial charge in [-0.1, -0.05) is 26.0 Å². The molecule has 6 heteroatoms. The molecular weight excluding hydrogens is 294 g/mol. The fourth-order valence-corrected chi connectivity index (χ4v) is 3.14. The minimum atomic E-state index is -0.371. The Labute approximate surface area is 134 Å². The predicted octanol–water partition coefficient (Wildman–Crippen LogP) is 1.86. The van der Waals surface area contributed by atoms with Crippen LogP contribution < -0.4 is 10.9 Å². The normalized spacial score (nSPS) is 25.8. The SMILES string of the molecule is COC1(C)CC(NC(=O)c2nc3ccccc3c(=O)[nH]2)C1(C)C. The molecule has 2 aromatic rings. The van der Waals surface area contributed by atoms with E-state index in [-0.39, 0.29) is 34.3 Å². The highest BCUT2D eigenvalue weighted by Gasteiger charge is 2.58. The van der Waals surface area contributed by atoms with Gasteiger partial charge in [-0.25, -0.2) is 4.98 Å². The van der Waals surface area contributed by atoms with Crippen LogP contribution in [-0.4, -0.2) is 34.6 Å². The lowest BCUT2D eigenvalue weighted by atomic mass is 9.56. The summed E-state index contributed by atoms with van der Waals surface area (Å²) in [5, 5.41) is 3.42. The van der Waals surface area contributed by atoms with Gasteiger partial charge in [-0.2, -0.15) is 0 Å². The largest absolute Gasteiger partial charge is 0.378 e. The van der Waals surface area contributed by atoms with Crippen LogP contribution in [0.15, 0.2) is 29.1 Å². The van der Waals surface area contributed by atoms with Crippen molar-refractivity contribution < 1.29 is 9.53 Å². The van der Waals surface area contributed by atoms with Crippen LogP contribution in [0.2, 0.25) is 0 Å². The molecule has 0 saturated heterocycles. The van der Waals surface area contributed by atoms with Gasteiger partial charge in [0.1, 0.15) is 0 Å². The average Bonchev–Trinajstić information content (AvgIpc) is 2.54. The molecule has 1 heterocycles. The molecule has 2 N–H and O–H groups in total. The van der Waals surface area contributed by atoms with Gasteiger partial charge in [0.05, 0.1) is 16.5 Å². The molecule has 23 heavy (non-hydrogen) atoms. The summed E-state index contributed by atoms with van der Waals surface area (Å²) in [6, 6.07) is 6.92. The minimum Gasteiger partial charge on any atom is -0.378 e. The molecule has 122 valence electrons. The quantitative estimate of drug-likeness (QED) is 0.905. The third-order valence-electron chi connectivity index (χ3n) is 5.41. The van der Waals surface area contributed by atoms with E-state index < -0.39 is 0 Å². The van der Waals surface area contributed by atoms with E-state index in [1.54, 1.807) is 31.4 Å². The van der Waals surface area contributed by atoms with Crippen LogP contribution >= 0.6 is 0 Å². The topological polar surface area (TPSA) is 84.1 Å². The summed E-state index contributed by atoms with van der Waals surface area (Å²) in [5.41, 5.74) is -0.268. The Morgan fingerprint density at radius 2 is 2.04 bits per heavy atom. The number of carbonyl (C=O) groups is 1. The van der Waals surface area contributed by atoms with E-state index >= 15 is 0 Å². The zero-order chi connectivity index (χ0) is 16.8. The maximum Gasteiger partial charge on any atom is 0.287 e. The number of nitrogens with zero attached hydrogens (tertiary/aromatic N) is 1. The third kappa shape index (κ3) is 2.34. The van der Waals surface area contributed by atoms with E-state index in [2.05, 4.69) is 29.1 Å². The van der Waals surface area contributed by atoms with Crippen molar-refractivity contribution in [3.63, 3.8) is 0 Å². The van der Waals surface area contributed by atoms with Crippen molar-refractivity contribution in [1.29, 1.82) is 0 Å². The number of rotatable bonds is 3. The molecule has 1 amide bonds. The summed E-state index contributed by atoms with van der Waals surface area (Å²) in [7, 11) is 1.68. The number of aromatic nitrogens is 2. The van der Waals surface area contributed by atoms with Gasteiger partial charge in [0.2, 0.25) is 0 Å². The van der Waals surface area contributed by atoms with Crippen molar-refractivity contribution in [3.05, 3.63) is 40.4 Å². The molecule has 1 aromatic heterocycles. The highest BCUT2D eigenvalue weighted by atomic mass is 16.5. The van der Waals surface area contributed by atoms with Crippen LogP contribution in [0.4, 0.5) is 0 Å². The summed E-state index contributed by atoms with van der Waals surface area (Å²) in [4.78, 5) is 31.3. The van der Waals surface area contributed by atoms with Gasteiger partial charge >= 0.3 is 0 Å². The second-order valence-electron chi connectivity index (χ2n) is 6.82. The average molecular weight is 315 g/mol. The number of fused-ring (bicyclic) bond motifs is 1. The van der Waals surface area contributed by atoms with Crippen LogP contribution in [0.3, 0.4) is 0 Å². The molecule has 6 nitrogen and oxygen atoms in total. The lowest BCUT2D eigenvalue weighted by molar-refractivity contribution is -0.177. The van der Waals surface area contributed by atoms with Crippen molar-refractivity contribution in [2.24, 2.45) is 5.41 Å². The molecule has 2 unspecified atom stereocenters. The van der Waals surface area contributed by atoms with Gasteiger partial charge in [0, 0.05) is 18.6 Å². The van der Waals surface area contributed by atoms with Crippen LogP contribution in [0.5, 0.6) is 0 Å². The fraction of sp³-hybridized carbons (Fsp3) is 0.471. The molecule has 3 rings (SSSR count). The van der Waals surface area contributed by atoms with Gasteiger partial charge in [-0.05, 0) is 25.5 Å². The smallest absolute Gasteiger partial charge is 0.287 e. The van der Waals surface area contributed by atoms with E-state index in [0.717, 1.165) is 6.42 Å². The number of hydrogen-bond donors (Lipinski definition) is 2. The Morgan fingerprint density at radius 3 is 2.70 bits per heavy atom. The first kappa shape index (κ1) is 15.7. The summed E-state index contributed by atoms with van der Waals surface area (Å²) < 4.78 is 5.56. The molecule has 1 aliphatic rings. The summed E-state index contributed by atoms with van der Waals surface area (Å²) >= 11 is 0. The van der Waals surface area contributed by atoms with E-state index in [1.165, 1.54) is 0 Å². The zero-order valence-corrected chi connectivity index (χ0v) is 13.8. The number of para-hydroxylation sites is 1. The highest BCUT2D eigenvalue weighted by Crippen LogP contribution is 2.51. The zero-order valence-electron chi connectivity index (χ0n) is 13.8. The molecule has 0 spiro atoms. The Bertz CT molecular complexity index is 827. The first-order valence-electron chi connectivity index (χ1n) is 7.63. The number of methoxy groups -OCH3 is 1. The third-order valence-corrected chi connectivity index (χ3v) is 5.41. The van der Waals surface area contributed by atoms with Crippen LogP contribution in [0.25, 0.3) is 10.9 Å². The Hall–Kier alpha value is -2.21. The van der Waals surface area contributed by atoms with Crippen molar-refractivity contribution in [1.82, 2.24) is 15.3 Å². The molecule has 0 radical (unpaired) electrons. The number of aromatic amines is 1. The number of hydrogen-bond acceptors (Lipinski definition) is 4. The summed E-state index contributed by atoms with van der Waals surface area (Å²) in [6.07, 6.45) is 0.722. The van der Waals surface area contributed by atoms with Crippen molar-refractivity contribution in [2.45, 2.75) is 38.8 Å². The predicted molar refractivity (Wildman–Crippen MR) is 87.4 cm³/mol. The van der Waals surface area contributed by atoms with Crippen molar-refractivity contribution >= 4 is 16.8 Å². The number of nitrogens with one attached hydrogen (secondary N) is 2. The van der Waals surface area contributed by atoms with Crippen molar-refractivity contribution in [3.8, 4) is 0 Å². The number of amides is 1. The Morgan fingerprint density at radius 1 is 1.35 bits per heavy atom. The van der Waals surface area contributed by atoms with E-state index in [4.69, 9.17) is 4.74 Å². The van der Waals surface area contributed by atoms with Gasteiger partial charge in [0.25, 0.3) is 11.5 Å². The van der Waals surface area contributed by atoms with Gasteiger partial charge < -0.3 is 15.0 Å². The second-order valence-corrected chi connectivity index (χ2v) is 6.82. The molecule has 1 fully saturated rings. The molecule has 1 saturated carbocycles. The van der Waals surface area contributed by atoms with Gasteiger partial charge in [-0.15, -0.1) is 0 Å². The number of ether oxygens (including phenoxy) is 1. The number of benzene rings is 1. The van der Waals surface area contributed by atoms with E-state index in [9.17, 15) is 9.59 Å². The summed E-state index contributed by atoms with van der Waals surface area (Å²) in [5.74, 6) is -0.334. The number of H-pyrrole nitrogens is 1. The maximum atomic E-state index is 12.4. The molecule has 1 aliphatic carbocycles. The first-order chi connectivity index (χ1) is 10.8. The lowest BCUT2D eigenvalue weighted by Crippen LogP contribution is -2.68.